The van der Waals surface area contributed by atoms with Crippen molar-refractivity contribution in [3.63, 3.8) is 0 Å². The third-order valence-corrected chi connectivity index (χ3v) is 6.74. The maximum Gasteiger partial charge on any atom is 0.267 e. The van der Waals surface area contributed by atoms with Crippen LogP contribution in [-0.4, -0.2) is 32.2 Å². The molecule has 31 heavy (non-hydrogen) atoms. The molecule has 0 saturated heterocycles. The lowest BCUT2D eigenvalue weighted by Crippen LogP contribution is -2.33. The number of nitrogens with one attached hydrogen (secondary N) is 1. The van der Waals surface area contributed by atoms with E-state index in [4.69, 9.17) is 4.98 Å². The number of aromatic nitrogens is 3. The molecule has 8 heteroatoms. The van der Waals surface area contributed by atoms with E-state index in [0.717, 1.165) is 16.9 Å². The zero-order valence-corrected chi connectivity index (χ0v) is 18.9. The molecule has 0 aliphatic rings. The molecular weight excluding hydrogens is 428 g/mol. The van der Waals surface area contributed by atoms with Gasteiger partial charge in [0, 0.05) is 24.9 Å². The highest BCUT2D eigenvalue weighted by Crippen LogP contribution is 2.27. The van der Waals surface area contributed by atoms with Crippen LogP contribution in [0.3, 0.4) is 0 Å². The smallest absolute Gasteiger partial charge is 0.267 e. The highest BCUT2D eigenvalue weighted by molar-refractivity contribution is 8.00. The second-order valence-electron chi connectivity index (χ2n) is 7.08. The first-order valence-corrected chi connectivity index (χ1v) is 11.7. The molecule has 3 heterocycles. The Hall–Kier alpha value is -2.97. The molecule has 0 radical (unpaired) electrons. The Balaban J connectivity index is 1.57. The van der Waals surface area contributed by atoms with E-state index in [0.29, 0.717) is 28.3 Å². The Kier molecular flexibility index (Phi) is 6.48. The average molecular weight is 451 g/mol. The van der Waals surface area contributed by atoms with Crippen molar-refractivity contribution in [1.82, 2.24) is 19.9 Å². The number of hydrogen-bond acceptors (Lipinski definition) is 6. The summed E-state index contributed by atoms with van der Waals surface area (Å²) in [5.41, 5.74) is 2.56. The van der Waals surface area contributed by atoms with Crippen LogP contribution in [0, 0.1) is 6.92 Å². The van der Waals surface area contributed by atoms with Crippen LogP contribution >= 0.6 is 23.1 Å². The van der Waals surface area contributed by atoms with Gasteiger partial charge < -0.3 is 5.32 Å². The lowest BCUT2D eigenvalue weighted by Gasteiger charge is -2.17. The Morgan fingerprint density at radius 1 is 1.19 bits per heavy atom. The standard InChI is InChI=1S/C23H22N4O2S2/c1-15-7-3-4-9-19(15)27-22(29)18-11-14-30-21(18)26-23(27)31-16(2)20(28)25-13-10-17-8-5-6-12-24-17/h3-9,11-12,14,16H,10,13H2,1-2H3,(H,25,28). The van der Waals surface area contributed by atoms with Crippen LogP contribution in [-0.2, 0) is 11.2 Å². The van der Waals surface area contributed by atoms with Crippen LogP contribution in [0.15, 0.2) is 70.1 Å². The lowest BCUT2D eigenvalue weighted by molar-refractivity contribution is -0.120. The summed E-state index contributed by atoms with van der Waals surface area (Å²) in [5.74, 6) is -0.0993. The first-order chi connectivity index (χ1) is 15.0. The van der Waals surface area contributed by atoms with Gasteiger partial charge in [0.15, 0.2) is 5.16 Å². The number of hydrogen-bond donors (Lipinski definition) is 1. The third-order valence-electron chi connectivity index (χ3n) is 4.88. The molecule has 1 atom stereocenters. The van der Waals surface area contributed by atoms with Gasteiger partial charge in [-0.25, -0.2) is 4.98 Å². The monoisotopic (exact) mass is 450 g/mol. The summed E-state index contributed by atoms with van der Waals surface area (Å²) in [6, 6.07) is 15.2. The van der Waals surface area contributed by atoms with E-state index in [1.165, 1.54) is 23.1 Å². The predicted octanol–water partition coefficient (Wildman–Crippen LogP) is 3.99. The molecule has 6 nitrogen and oxygen atoms in total. The van der Waals surface area contributed by atoms with Crippen molar-refractivity contribution in [3.05, 3.63) is 81.7 Å². The highest BCUT2D eigenvalue weighted by atomic mass is 32.2. The lowest BCUT2D eigenvalue weighted by atomic mass is 10.2. The number of thiophene rings is 1. The minimum absolute atomic E-state index is 0.0993. The molecule has 0 aliphatic heterocycles. The minimum Gasteiger partial charge on any atom is -0.355 e. The molecule has 0 spiro atoms. The van der Waals surface area contributed by atoms with Crippen molar-refractivity contribution >= 4 is 39.2 Å². The first kappa shape index (κ1) is 21.3. The molecule has 4 rings (SSSR count). The van der Waals surface area contributed by atoms with Crippen molar-refractivity contribution in [3.8, 4) is 5.69 Å². The number of amides is 1. The van der Waals surface area contributed by atoms with Crippen LogP contribution < -0.4 is 10.9 Å². The average Bonchev–Trinajstić information content (AvgIpc) is 3.24. The molecule has 1 amide bonds. The number of aryl methyl sites for hydroxylation is 1. The fraction of sp³-hybridized carbons (Fsp3) is 0.217. The molecule has 0 bridgehead atoms. The molecular formula is C23H22N4O2S2. The number of carbonyl (C=O) groups excluding carboxylic acids is 1. The van der Waals surface area contributed by atoms with Crippen molar-refractivity contribution in [2.24, 2.45) is 0 Å². The molecule has 158 valence electrons. The zero-order chi connectivity index (χ0) is 21.8. The number of para-hydroxylation sites is 1. The van der Waals surface area contributed by atoms with Crippen molar-refractivity contribution in [2.45, 2.75) is 30.7 Å². The maximum atomic E-state index is 13.3. The number of benzene rings is 1. The van der Waals surface area contributed by atoms with Crippen LogP contribution in [0.4, 0.5) is 0 Å². The van der Waals surface area contributed by atoms with Gasteiger partial charge in [-0.3, -0.25) is 19.1 Å². The molecule has 4 aromatic rings. The van der Waals surface area contributed by atoms with Gasteiger partial charge in [0.2, 0.25) is 5.91 Å². The summed E-state index contributed by atoms with van der Waals surface area (Å²) in [7, 11) is 0. The van der Waals surface area contributed by atoms with Crippen molar-refractivity contribution in [1.29, 1.82) is 0 Å². The second kappa shape index (κ2) is 9.45. The number of nitrogens with zero attached hydrogens (tertiary/aromatic N) is 3. The van der Waals surface area contributed by atoms with Crippen LogP contribution in [0.1, 0.15) is 18.2 Å². The fourth-order valence-corrected chi connectivity index (χ4v) is 4.97. The van der Waals surface area contributed by atoms with Gasteiger partial charge in [0.25, 0.3) is 5.56 Å². The molecule has 3 aromatic heterocycles. The summed E-state index contributed by atoms with van der Waals surface area (Å²) in [6.07, 6.45) is 2.41. The van der Waals surface area contributed by atoms with E-state index in [2.05, 4.69) is 10.3 Å². The molecule has 1 aromatic carbocycles. The normalized spacial score (nSPS) is 12.1. The van der Waals surface area contributed by atoms with Gasteiger partial charge in [-0.15, -0.1) is 11.3 Å². The van der Waals surface area contributed by atoms with E-state index < -0.39 is 5.25 Å². The third kappa shape index (κ3) is 4.70. The van der Waals surface area contributed by atoms with Crippen LogP contribution in [0.2, 0.25) is 0 Å². The van der Waals surface area contributed by atoms with E-state index in [1.54, 1.807) is 16.8 Å². The Morgan fingerprint density at radius 3 is 2.77 bits per heavy atom. The van der Waals surface area contributed by atoms with E-state index in [1.807, 2.05) is 61.7 Å². The quantitative estimate of drug-likeness (QED) is 0.340. The Morgan fingerprint density at radius 2 is 2.00 bits per heavy atom. The van der Waals surface area contributed by atoms with Crippen molar-refractivity contribution < 1.29 is 4.79 Å². The topological polar surface area (TPSA) is 76.9 Å². The van der Waals surface area contributed by atoms with Crippen LogP contribution in [0.25, 0.3) is 15.9 Å². The summed E-state index contributed by atoms with van der Waals surface area (Å²) >= 11 is 2.72. The minimum atomic E-state index is -0.414. The van der Waals surface area contributed by atoms with Crippen LogP contribution in [0.5, 0.6) is 0 Å². The summed E-state index contributed by atoms with van der Waals surface area (Å²) in [4.78, 5) is 35.6. The number of pyridine rings is 1. The summed E-state index contributed by atoms with van der Waals surface area (Å²) < 4.78 is 1.62. The van der Waals surface area contributed by atoms with Gasteiger partial charge in [0.05, 0.1) is 16.3 Å². The van der Waals surface area contributed by atoms with Gasteiger partial charge in [-0.2, -0.15) is 0 Å². The van der Waals surface area contributed by atoms with Gasteiger partial charge >= 0.3 is 0 Å². The summed E-state index contributed by atoms with van der Waals surface area (Å²) in [5, 5.41) is 5.51. The molecule has 0 aliphatic carbocycles. The molecule has 1 N–H and O–H groups in total. The Bertz CT molecular complexity index is 1270. The largest absolute Gasteiger partial charge is 0.355 e. The molecule has 0 fully saturated rings. The first-order valence-electron chi connectivity index (χ1n) is 9.95. The van der Waals surface area contributed by atoms with E-state index in [-0.39, 0.29) is 11.5 Å². The number of rotatable bonds is 7. The summed E-state index contributed by atoms with van der Waals surface area (Å²) in [6.45, 7) is 4.29. The number of carbonyl (C=O) groups is 1. The van der Waals surface area contributed by atoms with Crippen molar-refractivity contribution in [2.75, 3.05) is 6.54 Å². The second-order valence-corrected chi connectivity index (χ2v) is 9.29. The van der Waals surface area contributed by atoms with E-state index in [9.17, 15) is 9.59 Å². The predicted molar refractivity (Wildman–Crippen MR) is 126 cm³/mol. The maximum absolute atomic E-state index is 13.3. The van der Waals surface area contributed by atoms with Gasteiger partial charge in [-0.1, -0.05) is 36.0 Å². The van der Waals surface area contributed by atoms with Gasteiger partial charge in [0.1, 0.15) is 4.83 Å². The number of thioether (sulfide) groups is 1. The number of fused-ring (bicyclic) bond motifs is 1. The van der Waals surface area contributed by atoms with Gasteiger partial charge in [-0.05, 0) is 49.1 Å². The van der Waals surface area contributed by atoms with E-state index >= 15 is 0 Å². The SMILES string of the molecule is Cc1ccccc1-n1c(SC(C)C(=O)NCCc2ccccn2)nc2sccc2c1=O. The highest BCUT2D eigenvalue weighted by Gasteiger charge is 2.21. The molecule has 1 unspecified atom stereocenters. The molecule has 0 saturated carbocycles. The Labute approximate surface area is 188 Å². The fourth-order valence-electron chi connectivity index (χ4n) is 3.22. The zero-order valence-electron chi connectivity index (χ0n) is 17.2.